The lowest BCUT2D eigenvalue weighted by atomic mass is 9.89. The molecule has 0 saturated heterocycles. The Labute approximate surface area is 127 Å². The lowest BCUT2D eigenvalue weighted by Gasteiger charge is -2.25. The van der Waals surface area contributed by atoms with Crippen LogP contribution in [0.3, 0.4) is 0 Å². The minimum absolute atomic E-state index is 0.270. The van der Waals surface area contributed by atoms with Gasteiger partial charge in [0.25, 0.3) is 0 Å². The van der Waals surface area contributed by atoms with Crippen LogP contribution in [-0.4, -0.2) is 5.11 Å². The first-order valence-electron chi connectivity index (χ1n) is 6.43. The molecule has 20 heavy (non-hydrogen) atoms. The number of aliphatic hydroxyl groups is 1. The van der Waals surface area contributed by atoms with Gasteiger partial charge in [-0.15, -0.1) is 0 Å². The molecule has 0 amide bonds. The lowest BCUT2D eigenvalue weighted by molar-refractivity contribution is 0.0390. The number of halogens is 3. The van der Waals surface area contributed by atoms with Crippen molar-refractivity contribution in [2.24, 2.45) is 0 Å². The van der Waals surface area contributed by atoms with Crippen molar-refractivity contribution in [1.29, 1.82) is 0 Å². The summed E-state index contributed by atoms with van der Waals surface area (Å²) >= 11 is 12.1. The van der Waals surface area contributed by atoms with Crippen LogP contribution in [0.15, 0.2) is 36.4 Å². The fourth-order valence-electron chi connectivity index (χ4n) is 2.88. The molecule has 0 aromatic heterocycles. The van der Waals surface area contributed by atoms with Gasteiger partial charge in [-0.05, 0) is 59.9 Å². The van der Waals surface area contributed by atoms with Crippen LogP contribution in [-0.2, 0) is 18.4 Å². The fraction of sp³-hybridized carbons (Fsp3) is 0.250. The third-order valence-electron chi connectivity index (χ3n) is 3.87. The molecule has 0 bridgehead atoms. The quantitative estimate of drug-likeness (QED) is 0.865. The number of hydrogen-bond donors (Lipinski definition) is 1. The van der Waals surface area contributed by atoms with E-state index in [1.807, 2.05) is 0 Å². The lowest BCUT2D eigenvalue weighted by Crippen LogP contribution is -2.25. The standard InChI is InChI=1S/C16H13Cl2FO/c17-12-1-4-15(18)11(7-12)9-16(20)6-5-10-8-13(19)2-3-14(10)16/h1-4,7-8,20H,5-6,9H2. The van der Waals surface area contributed by atoms with Gasteiger partial charge in [-0.25, -0.2) is 4.39 Å². The van der Waals surface area contributed by atoms with Gasteiger partial charge in [-0.1, -0.05) is 29.3 Å². The molecule has 4 heteroatoms. The number of fused-ring (bicyclic) bond motifs is 1. The largest absolute Gasteiger partial charge is 0.385 e. The van der Waals surface area contributed by atoms with Crippen molar-refractivity contribution in [3.63, 3.8) is 0 Å². The summed E-state index contributed by atoms with van der Waals surface area (Å²) in [5.74, 6) is -0.270. The van der Waals surface area contributed by atoms with Crippen molar-refractivity contribution < 1.29 is 9.50 Å². The van der Waals surface area contributed by atoms with Gasteiger partial charge >= 0.3 is 0 Å². The van der Waals surface area contributed by atoms with Crippen molar-refractivity contribution in [3.8, 4) is 0 Å². The second-order valence-electron chi connectivity index (χ2n) is 5.25. The summed E-state index contributed by atoms with van der Waals surface area (Å²) in [7, 11) is 0. The zero-order valence-electron chi connectivity index (χ0n) is 10.7. The molecule has 3 rings (SSSR count). The average Bonchev–Trinajstić information content (AvgIpc) is 2.71. The predicted molar refractivity (Wildman–Crippen MR) is 78.8 cm³/mol. The molecule has 0 fully saturated rings. The van der Waals surface area contributed by atoms with E-state index in [1.54, 1.807) is 24.3 Å². The Morgan fingerprint density at radius 3 is 2.75 bits per heavy atom. The Morgan fingerprint density at radius 2 is 1.95 bits per heavy atom. The summed E-state index contributed by atoms with van der Waals surface area (Å²) in [6.07, 6.45) is 1.61. The van der Waals surface area contributed by atoms with Gasteiger partial charge in [0.2, 0.25) is 0 Å². The summed E-state index contributed by atoms with van der Waals surface area (Å²) in [4.78, 5) is 0. The molecule has 1 aliphatic rings. The molecule has 1 nitrogen and oxygen atoms in total. The first kappa shape index (κ1) is 13.9. The van der Waals surface area contributed by atoms with Gasteiger partial charge < -0.3 is 5.11 Å². The molecule has 1 unspecified atom stereocenters. The Morgan fingerprint density at radius 1 is 1.15 bits per heavy atom. The van der Waals surface area contributed by atoms with Crippen molar-refractivity contribution in [2.75, 3.05) is 0 Å². The van der Waals surface area contributed by atoms with Crippen LogP contribution in [0.5, 0.6) is 0 Å². The Balaban J connectivity index is 1.98. The van der Waals surface area contributed by atoms with E-state index in [2.05, 4.69) is 0 Å². The van der Waals surface area contributed by atoms with Crippen LogP contribution < -0.4 is 0 Å². The topological polar surface area (TPSA) is 20.2 Å². The summed E-state index contributed by atoms with van der Waals surface area (Å²) in [6, 6.07) is 9.75. The Hall–Kier alpha value is -1.09. The van der Waals surface area contributed by atoms with Crippen LogP contribution in [0.4, 0.5) is 4.39 Å². The highest BCUT2D eigenvalue weighted by Crippen LogP contribution is 2.40. The van der Waals surface area contributed by atoms with E-state index >= 15 is 0 Å². The van der Waals surface area contributed by atoms with E-state index in [0.717, 1.165) is 16.7 Å². The monoisotopic (exact) mass is 310 g/mol. The molecule has 1 atom stereocenters. The van der Waals surface area contributed by atoms with Crippen LogP contribution in [0, 0.1) is 5.82 Å². The molecule has 1 N–H and O–H groups in total. The maximum atomic E-state index is 13.2. The van der Waals surface area contributed by atoms with Crippen LogP contribution in [0.25, 0.3) is 0 Å². The zero-order chi connectivity index (χ0) is 14.3. The van der Waals surface area contributed by atoms with Crippen LogP contribution >= 0.6 is 23.2 Å². The Kier molecular flexibility index (Phi) is 3.49. The van der Waals surface area contributed by atoms with E-state index in [1.165, 1.54) is 12.1 Å². The summed E-state index contributed by atoms with van der Waals surface area (Å²) in [6.45, 7) is 0. The van der Waals surface area contributed by atoms with E-state index in [-0.39, 0.29) is 5.82 Å². The minimum atomic E-state index is -1.00. The molecule has 0 aliphatic heterocycles. The van der Waals surface area contributed by atoms with Crippen LogP contribution in [0.2, 0.25) is 10.0 Å². The smallest absolute Gasteiger partial charge is 0.123 e. The molecular weight excluding hydrogens is 298 g/mol. The van der Waals surface area contributed by atoms with Crippen LogP contribution in [0.1, 0.15) is 23.1 Å². The summed E-state index contributed by atoms with van der Waals surface area (Å²) in [5, 5.41) is 12.0. The van der Waals surface area contributed by atoms with Crippen molar-refractivity contribution in [1.82, 2.24) is 0 Å². The van der Waals surface area contributed by atoms with E-state index in [0.29, 0.717) is 29.3 Å². The third-order valence-corrected chi connectivity index (χ3v) is 4.47. The van der Waals surface area contributed by atoms with Gasteiger partial charge in [0.05, 0.1) is 5.60 Å². The molecule has 2 aromatic rings. The average molecular weight is 311 g/mol. The first-order valence-corrected chi connectivity index (χ1v) is 7.19. The second-order valence-corrected chi connectivity index (χ2v) is 6.09. The molecule has 0 spiro atoms. The molecule has 0 radical (unpaired) electrons. The predicted octanol–water partition coefficient (Wildman–Crippen LogP) is 4.51. The SMILES string of the molecule is OC1(Cc2cc(Cl)ccc2Cl)CCc2cc(F)ccc21. The number of aryl methyl sites for hydroxylation is 1. The molecule has 0 saturated carbocycles. The van der Waals surface area contributed by atoms with Crippen molar-refractivity contribution in [2.45, 2.75) is 24.9 Å². The minimum Gasteiger partial charge on any atom is -0.385 e. The van der Waals surface area contributed by atoms with Gasteiger partial charge in [0.1, 0.15) is 5.82 Å². The highest BCUT2D eigenvalue weighted by Gasteiger charge is 2.37. The normalized spacial score (nSPS) is 21.0. The molecule has 1 aliphatic carbocycles. The number of rotatable bonds is 2. The first-order chi connectivity index (χ1) is 9.48. The van der Waals surface area contributed by atoms with Crippen molar-refractivity contribution >= 4 is 23.2 Å². The maximum absolute atomic E-state index is 13.2. The van der Waals surface area contributed by atoms with E-state index < -0.39 is 5.60 Å². The molecular formula is C16H13Cl2FO. The van der Waals surface area contributed by atoms with E-state index in [4.69, 9.17) is 23.2 Å². The van der Waals surface area contributed by atoms with Gasteiger partial charge in [-0.3, -0.25) is 0 Å². The molecule has 2 aromatic carbocycles. The number of hydrogen-bond acceptors (Lipinski definition) is 1. The third kappa shape index (κ3) is 2.44. The van der Waals surface area contributed by atoms with Gasteiger partial charge in [0.15, 0.2) is 0 Å². The maximum Gasteiger partial charge on any atom is 0.123 e. The summed E-state index contributed by atoms with van der Waals surface area (Å²) in [5.41, 5.74) is 1.46. The highest BCUT2D eigenvalue weighted by atomic mass is 35.5. The zero-order valence-corrected chi connectivity index (χ0v) is 12.2. The van der Waals surface area contributed by atoms with Gasteiger partial charge in [0, 0.05) is 16.5 Å². The second kappa shape index (κ2) is 5.03. The molecule has 0 heterocycles. The summed E-state index contributed by atoms with van der Waals surface area (Å²) < 4.78 is 13.2. The highest BCUT2D eigenvalue weighted by molar-refractivity contribution is 6.33. The molecule has 104 valence electrons. The number of benzene rings is 2. The van der Waals surface area contributed by atoms with E-state index in [9.17, 15) is 9.50 Å². The fourth-order valence-corrected chi connectivity index (χ4v) is 3.26. The van der Waals surface area contributed by atoms with Crippen molar-refractivity contribution in [3.05, 3.63) is 69.0 Å². The Bertz CT molecular complexity index is 672. The van der Waals surface area contributed by atoms with Gasteiger partial charge in [-0.2, -0.15) is 0 Å².